The summed E-state index contributed by atoms with van der Waals surface area (Å²) in [5.41, 5.74) is 6.04. The smallest absolute Gasteiger partial charge is 0.284 e. The standard InChI is InChI=1S/C6H5N3O2/c7-5(10)4-1-3-6(11-4)9-2-8-3/h1-2H,(H2,7,10)(H,8,9). The number of nitrogens with one attached hydrogen (secondary N) is 1. The zero-order chi connectivity index (χ0) is 7.84. The summed E-state index contributed by atoms with van der Waals surface area (Å²) in [6.07, 6.45) is 1.49. The van der Waals surface area contributed by atoms with E-state index in [0.29, 0.717) is 11.2 Å². The molecule has 3 N–H and O–H groups in total. The number of amides is 1. The van der Waals surface area contributed by atoms with Gasteiger partial charge in [0.05, 0.1) is 6.33 Å². The third kappa shape index (κ3) is 0.778. The van der Waals surface area contributed by atoms with Crippen LogP contribution in [0.3, 0.4) is 0 Å². The second-order valence-electron chi connectivity index (χ2n) is 2.10. The second kappa shape index (κ2) is 1.85. The molecule has 0 fully saturated rings. The van der Waals surface area contributed by atoms with Gasteiger partial charge in [-0.2, -0.15) is 0 Å². The van der Waals surface area contributed by atoms with E-state index in [1.165, 1.54) is 12.4 Å². The lowest BCUT2D eigenvalue weighted by Crippen LogP contribution is -2.09. The number of furan rings is 1. The highest BCUT2D eigenvalue weighted by molar-refractivity contribution is 5.93. The van der Waals surface area contributed by atoms with Gasteiger partial charge < -0.3 is 15.1 Å². The number of aromatic amines is 1. The molecule has 56 valence electrons. The van der Waals surface area contributed by atoms with Gasteiger partial charge in [-0.15, -0.1) is 0 Å². The number of carbonyl (C=O) groups excluding carboxylic acids is 1. The van der Waals surface area contributed by atoms with Crippen molar-refractivity contribution in [3.63, 3.8) is 0 Å². The third-order valence-electron chi connectivity index (χ3n) is 1.36. The Morgan fingerprint density at radius 3 is 3.18 bits per heavy atom. The van der Waals surface area contributed by atoms with Gasteiger partial charge in [0.1, 0.15) is 5.52 Å². The first-order valence-corrected chi connectivity index (χ1v) is 3.00. The molecular formula is C6H5N3O2. The van der Waals surface area contributed by atoms with Gasteiger partial charge in [-0.05, 0) is 0 Å². The third-order valence-corrected chi connectivity index (χ3v) is 1.36. The Morgan fingerprint density at radius 2 is 2.55 bits per heavy atom. The van der Waals surface area contributed by atoms with Gasteiger partial charge in [0, 0.05) is 6.07 Å². The van der Waals surface area contributed by atoms with E-state index >= 15 is 0 Å². The van der Waals surface area contributed by atoms with Crippen LogP contribution in [-0.2, 0) is 0 Å². The average molecular weight is 151 g/mol. The van der Waals surface area contributed by atoms with E-state index in [1.54, 1.807) is 0 Å². The first-order chi connectivity index (χ1) is 5.27. The average Bonchev–Trinajstić information content (AvgIpc) is 2.40. The summed E-state index contributed by atoms with van der Waals surface area (Å²) >= 11 is 0. The van der Waals surface area contributed by atoms with E-state index in [4.69, 9.17) is 10.2 Å². The molecule has 0 spiro atoms. The Balaban J connectivity index is 2.67. The molecule has 2 aromatic rings. The molecule has 0 aromatic carbocycles. The lowest BCUT2D eigenvalue weighted by atomic mass is 10.4. The van der Waals surface area contributed by atoms with Crippen LogP contribution in [0.5, 0.6) is 0 Å². The molecule has 2 aromatic heterocycles. The lowest BCUT2D eigenvalue weighted by molar-refractivity contribution is 0.0975. The van der Waals surface area contributed by atoms with Crippen molar-refractivity contribution in [2.24, 2.45) is 5.73 Å². The normalized spacial score (nSPS) is 10.5. The summed E-state index contributed by atoms with van der Waals surface area (Å²) in [6.45, 7) is 0. The number of rotatable bonds is 1. The maximum absolute atomic E-state index is 10.6. The van der Waals surface area contributed by atoms with Crippen LogP contribution in [0.4, 0.5) is 0 Å². The first kappa shape index (κ1) is 5.96. The van der Waals surface area contributed by atoms with Crippen LogP contribution in [0.1, 0.15) is 10.6 Å². The molecule has 11 heavy (non-hydrogen) atoms. The number of carbonyl (C=O) groups is 1. The monoisotopic (exact) mass is 151 g/mol. The predicted octanol–water partition coefficient (Wildman–Crippen LogP) is 0.255. The molecule has 5 heteroatoms. The predicted molar refractivity (Wildman–Crippen MR) is 36.9 cm³/mol. The van der Waals surface area contributed by atoms with Gasteiger partial charge in [-0.25, -0.2) is 4.98 Å². The molecule has 2 rings (SSSR count). The number of hydrogen-bond acceptors (Lipinski definition) is 3. The number of nitrogens with zero attached hydrogens (tertiary/aromatic N) is 1. The fraction of sp³-hybridized carbons (Fsp3) is 0. The molecule has 0 bridgehead atoms. The molecular weight excluding hydrogens is 146 g/mol. The van der Waals surface area contributed by atoms with Gasteiger partial charge in [-0.3, -0.25) is 4.79 Å². The SMILES string of the molecule is NC(=O)c1cc2[nH]cnc2o1. The molecule has 0 radical (unpaired) electrons. The van der Waals surface area contributed by atoms with E-state index in [-0.39, 0.29) is 5.76 Å². The summed E-state index contributed by atoms with van der Waals surface area (Å²) in [5.74, 6) is -0.462. The van der Waals surface area contributed by atoms with Crippen molar-refractivity contribution in [1.29, 1.82) is 0 Å². The van der Waals surface area contributed by atoms with Gasteiger partial charge in [0.2, 0.25) is 5.71 Å². The van der Waals surface area contributed by atoms with Crippen LogP contribution in [0.25, 0.3) is 11.2 Å². The van der Waals surface area contributed by atoms with Crippen LogP contribution in [0.15, 0.2) is 16.8 Å². The minimum atomic E-state index is -0.587. The van der Waals surface area contributed by atoms with Crippen LogP contribution in [-0.4, -0.2) is 15.9 Å². The van der Waals surface area contributed by atoms with E-state index in [0.717, 1.165) is 0 Å². The van der Waals surface area contributed by atoms with Gasteiger partial charge in [0.15, 0.2) is 5.76 Å². The largest absolute Gasteiger partial charge is 0.431 e. The zero-order valence-electron chi connectivity index (χ0n) is 5.50. The van der Waals surface area contributed by atoms with Crippen molar-refractivity contribution in [2.75, 3.05) is 0 Å². The van der Waals surface area contributed by atoms with Crippen molar-refractivity contribution >= 4 is 17.1 Å². The van der Waals surface area contributed by atoms with Gasteiger partial charge >= 0.3 is 0 Å². The molecule has 2 heterocycles. The molecule has 0 atom stereocenters. The van der Waals surface area contributed by atoms with Crippen molar-refractivity contribution in [2.45, 2.75) is 0 Å². The Hall–Kier alpha value is -1.78. The Bertz CT molecular complexity index is 372. The Kier molecular flexibility index (Phi) is 1.00. The number of nitrogens with two attached hydrogens (primary N) is 1. The maximum atomic E-state index is 10.6. The number of H-pyrrole nitrogens is 1. The van der Waals surface area contributed by atoms with Crippen LogP contribution >= 0.6 is 0 Å². The van der Waals surface area contributed by atoms with Crippen molar-refractivity contribution in [3.05, 3.63) is 18.2 Å². The summed E-state index contributed by atoms with van der Waals surface area (Å²) in [5, 5.41) is 0. The minimum Gasteiger partial charge on any atom is -0.431 e. The highest BCUT2D eigenvalue weighted by Gasteiger charge is 2.08. The number of aromatic nitrogens is 2. The lowest BCUT2D eigenvalue weighted by Gasteiger charge is -1.81. The summed E-state index contributed by atoms with van der Waals surface area (Å²) in [6, 6.07) is 1.52. The van der Waals surface area contributed by atoms with E-state index in [2.05, 4.69) is 9.97 Å². The zero-order valence-corrected chi connectivity index (χ0v) is 5.50. The topological polar surface area (TPSA) is 84.9 Å². The highest BCUT2D eigenvalue weighted by Crippen LogP contribution is 2.13. The quantitative estimate of drug-likeness (QED) is 0.612. The summed E-state index contributed by atoms with van der Waals surface area (Å²) < 4.78 is 4.95. The van der Waals surface area contributed by atoms with Crippen LogP contribution in [0, 0.1) is 0 Å². The van der Waals surface area contributed by atoms with Gasteiger partial charge in [-0.1, -0.05) is 0 Å². The number of primary amides is 1. The molecule has 5 nitrogen and oxygen atoms in total. The highest BCUT2D eigenvalue weighted by atomic mass is 16.4. The summed E-state index contributed by atoms with van der Waals surface area (Å²) in [7, 11) is 0. The molecule has 0 aliphatic rings. The molecule has 0 saturated carbocycles. The van der Waals surface area contributed by atoms with E-state index in [1.807, 2.05) is 0 Å². The fourth-order valence-electron chi connectivity index (χ4n) is 0.863. The molecule has 0 unspecified atom stereocenters. The van der Waals surface area contributed by atoms with E-state index in [9.17, 15) is 4.79 Å². The van der Waals surface area contributed by atoms with Crippen molar-refractivity contribution in [1.82, 2.24) is 9.97 Å². The Labute approximate surface area is 61.2 Å². The van der Waals surface area contributed by atoms with E-state index < -0.39 is 5.91 Å². The fourth-order valence-corrected chi connectivity index (χ4v) is 0.863. The number of hydrogen-bond donors (Lipinski definition) is 2. The van der Waals surface area contributed by atoms with Crippen LogP contribution in [0.2, 0.25) is 0 Å². The number of fused-ring (bicyclic) bond motifs is 1. The van der Waals surface area contributed by atoms with Crippen LogP contribution < -0.4 is 5.73 Å². The second-order valence-corrected chi connectivity index (χ2v) is 2.10. The molecule has 1 amide bonds. The van der Waals surface area contributed by atoms with Crippen molar-refractivity contribution < 1.29 is 9.21 Å². The first-order valence-electron chi connectivity index (χ1n) is 3.00. The minimum absolute atomic E-state index is 0.124. The summed E-state index contributed by atoms with van der Waals surface area (Å²) in [4.78, 5) is 17.1. The molecule has 0 aliphatic carbocycles. The van der Waals surface area contributed by atoms with Crippen molar-refractivity contribution in [3.8, 4) is 0 Å². The van der Waals surface area contributed by atoms with Gasteiger partial charge in [0.25, 0.3) is 5.91 Å². The molecule has 0 saturated heterocycles. The number of imidazole rings is 1. The Morgan fingerprint density at radius 1 is 1.73 bits per heavy atom. The maximum Gasteiger partial charge on any atom is 0.284 e. The molecule has 0 aliphatic heterocycles.